The molecule has 1 rings (SSSR count). The normalized spacial score (nSPS) is 14.2. The smallest absolute Gasteiger partial charge is 0.165 e. The van der Waals surface area contributed by atoms with Gasteiger partial charge in [-0.25, -0.2) is 4.68 Å². The van der Waals surface area contributed by atoms with Gasteiger partial charge < -0.3 is 10.1 Å². The standard InChI is InChI=1S/C12H25N5O/c1-9(2)10(8-18-6)17-11(14-15-16-17)7-13-12(3,4)5/h9-10,13H,7-8H2,1-6H3. The quantitative estimate of drug-likeness (QED) is 0.832. The van der Waals surface area contributed by atoms with Crippen LogP contribution in [0.15, 0.2) is 0 Å². The minimum atomic E-state index is 0.0470. The number of nitrogens with zero attached hydrogens (tertiary/aromatic N) is 4. The first-order valence-corrected chi connectivity index (χ1v) is 6.36. The van der Waals surface area contributed by atoms with E-state index in [9.17, 15) is 0 Å². The molecule has 0 aliphatic carbocycles. The average molecular weight is 255 g/mol. The summed E-state index contributed by atoms with van der Waals surface area (Å²) in [5, 5.41) is 15.4. The number of hydrogen-bond acceptors (Lipinski definition) is 5. The Morgan fingerprint density at radius 2 is 2.00 bits per heavy atom. The predicted octanol–water partition coefficient (Wildman–Crippen LogP) is 1.40. The van der Waals surface area contributed by atoms with E-state index in [4.69, 9.17) is 4.74 Å². The molecule has 0 amide bonds. The van der Waals surface area contributed by atoms with Crippen molar-refractivity contribution in [3.05, 3.63) is 5.82 Å². The lowest BCUT2D eigenvalue weighted by Crippen LogP contribution is -2.36. The van der Waals surface area contributed by atoms with Gasteiger partial charge in [0.1, 0.15) is 0 Å². The molecule has 1 aromatic rings. The lowest BCUT2D eigenvalue weighted by Gasteiger charge is -2.23. The summed E-state index contributed by atoms with van der Waals surface area (Å²) >= 11 is 0. The van der Waals surface area contributed by atoms with E-state index in [1.807, 2.05) is 4.68 Å². The number of tetrazole rings is 1. The third-order valence-electron chi connectivity index (χ3n) is 2.76. The van der Waals surface area contributed by atoms with Gasteiger partial charge in [-0.15, -0.1) is 5.10 Å². The van der Waals surface area contributed by atoms with Crippen molar-refractivity contribution in [2.75, 3.05) is 13.7 Å². The summed E-state index contributed by atoms with van der Waals surface area (Å²) in [5.74, 6) is 1.27. The van der Waals surface area contributed by atoms with Crippen LogP contribution in [-0.4, -0.2) is 39.5 Å². The zero-order valence-corrected chi connectivity index (χ0v) is 12.3. The lowest BCUT2D eigenvalue weighted by atomic mass is 10.1. The number of methoxy groups -OCH3 is 1. The molecule has 0 aliphatic rings. The first-order valence-electron chi connectivity index (χ1n) is 6.36. The molecule has 1 heterocycles. The molecule has 1 unspecified atom stereocenters. The monoisotopic (exact) mass is 255 g/mol. The lowest BCUT2D eigenvalue weighted by molar-refractivity contribution is 0.123. The van der Waals surface area contributed by atoms with E-state index < -0.39 is 0 Å². The highest BCUT2D eigenvalue weighted by Crippen LogP contribution is 2.18. The zero-order valence-electron chi connectivity index (χ0n) is 12.3. The van der Waals surface area contributed by atoms with Crippen LogP contribution < -0.4 is 5.32 Å². The van der Waals surface area contributed by atoms with Crippen LogP contribution in [0.1, 0.15) is 46.5 Å². The summed E-state index contributed by atoms with van der Waals surface area (Å²) < 4.78 is 7.12. The molecule has 6 nitrogen and oxygen atoms in total. The highest BCUT2D eigenvalue weighted by atomic mass is 16.5. The first-order chi connectivity index (χ1) is 8.35. The number of aromatic nitrogens is 4. The Morgan fingerprint density at radius 3 is 2.50 bits per heavy atom. The van der Waals surface area contributed by atoms with Crippen LogP contribution in [0, 0.1) is 5.92 Å². The van der Waals surface area contributed by atoms with Crippen molar-refractivity contribution in [3.8, 4) is 0 Å². The van der Waals surface area contributed by atoms with Gasteiger partial charge in [0.2, 0.25) is 0 Å². The fraction of sp³-hybridized carbons (Fsp3) is 0.917. The molecular formula is C12H25N5O. The number of nitrogens with one attached hydrogen (secondary N) is 1. The van der Waals surface area contributed by atoms with Crippen LogP contribution in [0.5, 0.6) is 0 Å². The van der Waals surface area contributed by atoms with Gasteiger partial charge >= 0.3 is 0 Å². The molecule has 0 saturated heterocycles. The van der Waals surface area contributed by atoms with Gasteiger partial charge in [-0.05, 0) is 37.1 Å². The van der Waals surface area contributed by atoms with Crippen LogP contribution in [-0.2, 0) is 11.3 Å². The van der Waals surface area contributed by atoms with Crippen LogP contribution in [0.4, 0.5) is 0 Å². The van der Waals surface area contributed by atoms with E-state index in [1.54, 1.807) is 7.11 Å². The third kappa shape index (κ3) is 4.34. The van der Waals surface area contributed by atoms with Crippen LogP contribution in [0.2, 0.25) is 0 Å². The Labute approximate surface area is 109 Å². The summed E-state index contributed by atoms with van der Waals surface area (Å²) in [6.07, 6.45) is 0. The minimum Gasteiger partial charge on any atom is -0.382 e. The van der Waals surface area contributed by atoms with Gasteiger partial charge in [-0.1, -0.05) is 13.8 Å². The summed E-state index contributed by atoms with van der Waals surface area (Å²) in [5.41, 5.74) is 0.0470. The summed E-state index contributed by atoms with van der Waals surface area (Å²) in [6, 6.07) is 0.168. The Kier molecular flexibility index (Phi) is 5.22. The van der Waals surface area contributed by atoms with Crippen molar-refractivity contribution < 1.29 is 4.74 Å². The Bertz CT molecular complexity index is 356. The molecule has 6 heteroatoms. The van der Waals surface area contributed by atoms with E-state index in [-0.39, 0.29) is 11.6 Å². The van der Waals surface area contributed by atoms with E-state index in [2.05, 4.69) is 55.5 Å². The van der Waals surface area contributed by atoms with Crippen molar-refractivity contribution in [1.82, 2.24) is 25.5 Å². The molecule has 0 bridgehead atoms. The molecule has 1 N–H and O–H groups in total. The van der Waals surface area contributed by atoms with Crippen molar-refractivity contribution in [2.45, 2.75) is 52.7 Å². The second-order valence-electron chi connectivity index (χ2n) is 5.91. The maximum Gasteiger partial charge on any atom is 0.165 e. The first kappa shape index (κ1) is 15.0. The Morgan fingerprint density at radius 1 is 1.33 bits per heavy atom. The molecule has 0 spiro atoms. The maximum atomic E-state index is 5.25. The second kappa shape index (κ2) is 6.24. The van der Waals surface area contributed by atoms with Gasteiger partial charge in [0.25, 0.3) is 0 Å². The average Bonchev–Trinajstić information content (AvgIpc) is 2.69. The highest BCUT2D eigenvalue weighted by molar-refractivity contribution is 4.87. The molecule has 0 aromatic carbocycles. The molecular weight excluding hydrogens is 230 g/mol. The second-order valence-corrected chi connectivity index (χ2v) is 5.91. The topological polar surface area (TPSA) is 64.9 Å². The van der Waals surface area contributed by atoms with Gasteiger partial charge in [-0.2, -0.15) is 0 Å². The fourth-order valence-corrected chi connectivity index (χ4v) is 1.65. The summed E-state index contributed by atoms with van der Waals surface area (Å²) in [7, 11) is 1.70. The van der Waals surface area contributed by atoms with Crippen molar-refractivity contribution in [3.63, 3.8) is 0 Å². The predicted molar refractivity (Wildman–Crippen MR) is 70.2 cm³/mol. The van der Waals surface area contributed by atoms with Crippen molar-refractivity contribution in [1.29, 1.82) is 0 Å². The van der Waals surface area contributed by atoms with E-state index in [0.29, 0.717) is 19.1 Å². The van der Waals surface area contributed by atoms with E-state index in [0.717, 1.165) is 5.82 Å². The minimum absolute atomic E-state index is 0.0470. The van der Waals surface area contributed by atoms with Crippen LogP contribution in [0.25, 0.3) is 0 Å². The molecule has 1 aromatic heterocycles. The third-order valence-corrected chi connectivity index (χ3v) is 2.76. The summed E-state index contributed by atoms with van der Waals surface area (Å²) in [6.45, 7) is 11.9. The number of rotatable bonds is 6. The number of ether oxygens (including phenoxy) is 1. The van der Waals surface area contributed by atoms with Crippen LogP contribution >= 0.6 is 0 Å². The highest BCUT2D eigenvalue weighted by Gasteiger charge is 2.21. The maximum absolute atomic E-state index is 5.25. The molecule has 1 atom stereocenters. The molecule has 104 valence electrons. The van der Waals surface area contributed by atoms with Crippen molar-refractivity contribution in [2.24, 2.45) is 5.92 Å². The van der Waals surface area contributed by atoms with E-state index in [1.165, 1.54) is 0 Å². The summed E-state index contributed by atoms with van der Waals surface area (Å²) in [4.78, 5) is 0. The van der Waals surface area contributed by atoms with Crippen molar-refractivity contribution >= 4 is 0 Å². The van der Waals surface area contributed by atoms with E-state index >= 15 is 0 Å². The van der Waals surface area contributed by atoms with Gasteiger partial charge in [0.15, 0.2) is 5.82 Å². The molecule has 0 radical (unpaired) electrons. The van der Waals surface area contributed by atoms with Gasteiger partial charge in [0, 0.05) is 12.6 Å². The molecule has 0 saturated carbocycles. The fourth-order valence-electron chi connectivity index (χ4n) is 1.65. The van der Waals surface area contributed by atoms with Gasteiger partial charge in [0.05, 0.1) is 19.2 Å². The number of hydrogen-bond donors (Lipinski definition) is 1. The zero-order chi connectivity index (χ0) is 13.8. The SMILES string of the molecule is COCC(C(C)C)n1nnnc1CNC(C)(C)C. The van der Waals surface area contributed by atoms with Gasteiger partial charge in [-0.3, -0.25) is 0 Å². The Hall–Kier alpha value is -1.01. The molecule has 18 heavy (non-hydrogen) atoms. The Balaban J connectivity index is 2.79. The largest absolute Gasteiger partial charge is 0.382 e. The molecule has 0 fully saturated rings. The van der Waals surface area contributed by atoms with Crippen LogP contribution in [0.3, 0.4) is 0 Å². The molecule has 0 aliphatic heterocycles.